The van der Waals surface area contributed by atoms with Crippen LogP contribution in [0.5, 0.6) is 0 Å². The maximum absolute atomic E-state index is 11.8. The van der Waals surface area contributed by atoms with E-state index in [2.05, 4.69) is 17.4 Å². The zero-order valence-electron chi connectivity index (χ0n) is 12.0. The standard InChI is InChI=1S/C16H22N2O2/c1-2-20-15-10-13(11-15)17-12-5-3-6-14(9-12)18-8-4-7-16(18)19/h3,5-6,9,13,15,17H,2,4,7-8,10-11H2,1H3. The Morgan fingerprint density at radius 3 is 2.95 bits per heavy atom. The van der Waals surface area contributed by atoms with Crippen LogP contribution in [0.1, 0.15) is 32.6 Å². The summed E-state index contributed by atoms with van der Waals surface area (Å²) < 4.78 is 5.57. The second-order valence-corrected chi connectivity index (χ2v) is 5.59. The fraction of sp³-hybridized carbons (Fsp3) is 0.562. The fourth-order valence-corrected chi connectivity index (χ4v) is 2.98. The van der Waals surface area contributed by atoms with Crippen LogP contribution in [0.25, 0.3) is 0 Å². The Bertz CT molecular complexity index is 483. The smallest absolute Gasteiger partial charge is 0.227 e. The van der Waals surface area contributed by atoms with Crippen LogP contribution in [0, 0.1) is 0 Å². The summed E-state index contributed by atoms with van der Waals surface area (Å²) >= 11 is 0. The van der Waals surface area contributed by atoms with Gasteiger partial charge < -0.3 is 15.0 Å². The number of carbonyl (C=O) groups excluding carboxylic acids is 1. The van der Waals surface area contributed by atoms with Gasteiger partial charge in [-0.15, -0.1) is 0 Å². The van der Waals surface area contributed by atoms with Crippen molar-refractivity contribution in [2.24, 2.45) is 0 Å². The average molecular weight is 274 g/mol. The minimum Gasteiger partial charge on any atom is -0.382 e. The molecule has 0 aromatic heterocycles. The molecule has 4 heteroatoms. The molecule has 2 aliphatic rings. The molecule has 1 aromatic rings. The van der Waals surface area contributed by atoms with Crippen LogP contribution in [-0.2, 0) is 9.53 Å². The minimum atomic E-state index is 0.238. The number of benzene rings is 1. The molecule has 0 spiro atoms. The van der Waals surface area contributed by atoms with E-state index in [-0.39, 0.29) is 5.91 Å². The number of amides is 1. The summed E-state index contributed by atoms with van der Waals surface area (Å²) in [6.45, 7) is 3.68. The highest BCUT2D eigenvalue weighted by molar-refractivity contribution is 5.95. The summed E-state index contributed by atoms with van der Waals surface area (Å²) in [5.74, 6) is 0.238. The maximum Gasteiger partial charge on any atom is 0.227 e. The topological polar surface area (TPSA) is 41.6 Å². The Balaban J connectivity index is 1.59. The quantitative estimate of drug-likeness (QED) is 0.897. The van der Waals surface area contributed by atoms with Crippen LogP contribution in [0.2, 0.25) is 0 Å². The summed E-state index contributed by atoms with van der Waals surface area (Å²) in [5.41, 5.74) is 2.11. The Kier molecular flexibility index (Phi) is 3.92. The van der Waals surface area contributed by atoms with Crippen LogP contribution in [0.15, 0.2) is 24.3 Å². The molecule has 1 saturated heterocycles. The second-order valence-electron chi connectivity index (χ2n) is 5.59. The van der Waals surface area contributed by atoms with Crippen molar-refractivity contribution < 1.29 is 9.53 Å². The van der Waals surface area contributed by atoms with E-state index < -0.39 is 0 Å². The number of nitrogens with zero attached hydrogens (tertiary/aromatic N) is 1. The number of hydrogen-bond acceptors (Lipinski definition) is 3. The van der Waals surface area contributed by atoms with Gasteiger partial charge >= 0.3 is 0 Å². The first-order chi connectivity index (χ1) is 9.76. The summed E-state index contributed by atoms with van der Waals surface area (Å²) in [6.07, 6.45) is 4.20. The molecule has 0 bridgehead atoms. The number of anilines is 2. The first-order valence-electron chi connectivity index (χ1n) is 7.55. The first kappa shape index (κ1) is 13.4. The average Bonchev–Trinajstić information content (AvgIpc) is 2.83. The molecule has 20 heavy (non-hydrogen) atoms. The van der Waals surface area contributed by atoms with E-state index in [0.29, 0.717) is 18.6 Å². The monoisotopic (exact) mass is 274 g/mol. The summed E-state index contributed by atoms with van der Waals surface area (Å²) in [4.78, 5) is 13.7. The van der Waals surface area contributed by atoms with Gasteiger partial charge in [0.05, 0.1) is 6.10 Å². The molecule has 0 radical (unpaired) electrons. The second kappa shape index (κ2) is 5.83. The van der Waals surface area contributed by atoms with E-state index in [1.54, 1.807) is 0 Å². The van der Waals surface area contributed by atoms with Gasteiger partial charge in [0.1, 0.15) is 0 Å². The van der Waals surface area contributed by atoms with Crippen molar-refractivity contribution in [1.82, 2.24) is 0 Å². The lowest BCUT2D eigenvalue weighted by molar-refractivity contribution is -0.117. The van der Waals surface area contributed by atoms with Crippen molar-refractivity contribution in [3.63, 3.8) is 0 Å². The molecule has 0 atom stereocenters. The van der Waals surface area contributed by atoms with Gasteiger partial charge in [0.2, 0.25) is 5.91 Å². The van der Waals surface area contributed by atoms with Crippen molar-refractivity contribution in [2.75, 3.05) is 23.4 Å². The highest BCUT2D eigenvalue weighted by atomic mass is 16.5. The maximum atomic E-state index is 11.8. The molecule has 2 fully saturated rings. The summed E-state index contributed by atoms with van der Waals surface area (Å²) in [7, 11) is 0. The first-order valence-corrected chi connectivity index (χ1v) is 7.55. The van der Waals surface area contributed by atoms with Crippen LogP contribution in [0.3, 0.4) is 0 Å². The van der Waals surface area contributed by atoms with Gasteiger partial charge in [0.15, 0.2) is 0 Å². The molecule has 1 aromatic carbocycles. The fourth-order valence-electron chi connectivity index (χ4n) is 2.98. The van der Waals surface area contributed by atoms with Gasteiger partial charge in [0, 0.05) is 37.0 Å². The Labute approximate surface area is 120 Å². The van der Waals surface area contributed by atoms with Crippen LogP contribution in [-0.4, -0.2) is 31.2 Å². The third-order valence-corrected chi connectivity index (χ3v) is 4.10. The molecule has 1 aliphatic heterocycles. The molecule has 1 aliphatic carbocycles. The number of hydrogen-bond donors (Lipinski definition) is 1. The molecule has 3 rings (SSSR count). The molecule has 108 valence electrons. The third kappa shape index (κ3) is 2.80. The summed E-state index contributed by atoms with van der Waals surface area (Å²) in [6, 6.07) is 8.67. The Morgan fingerprint density at radius 2 is 2.25 bits per heavy atom. The van der Waals surface area contributed by atoms with Gasteiger partial charge in [-0.2, -0.15) is 0 Å². The number of rotatable bonds is 5. The highest BCUT2D eigenvalue weighted by Gasteiger charge is 2.29. The molecule has 1 saturated carbocycles. The largest absolute Gasteiger partial charge is 0.382 e. The van der Waals surface area contributed by atoms with Gasteiger partial charge in [-0.3, -0.25) is 4.79 Å². The predicted octanol–water partition coefficient (Wildman–Crippen LogP) is 2.79. The zero-order chi connectivity index (χ0) is 13.9. The van der Waals surface area contributed by atoms with Gasteiger partial charge in [-0.25, -0.2) is 0 Å². The van der Waals surface area contributed by atoms with E-state index in [4.69, 9.17) is 4.74 Å². The van der Waals surface area contributed by atoms with E-state index >= 15 is 0 Å². The van der Waals surface area contributed by atoms with E-state index in [1.807, 2.05) is 24.0 Å². The molecule has 0 unspecified atom stereocenters. The van der Waals surface area contributed by atoms with Crippen molar-refractivity contribution in [1.29, 1.82) is 0 Å². The molecule has 1 heterocycles. The number of nitrogens with one attached hydrogen (secondary N) is 1. The highest BCUT2D eigenvalue weighted by Crippen LogP contribution is 2.29. The zero-order valence-corrected chi connectivity index (χ0v) is 12.0. The number of carbonyl (C=O) groups is 1. The van der Waals surface area contributed by atoms with Gasteiger partial charge in [0.25, 0.3) is 0 Å². The van der Waals surface area contributed by atoms with Crippen molar-refractivity contribution in [3.05, 3.63) is 24.3 Å². The summed E-state index contributed by atoms with van der Waals surface area (Å²) in [5, 5.41) is 3.53. The lowest BCUT2D eigenvalue weighted by atomic mass is 9.89. The van der Waals surface area contributed by atoms with Crippen LogP contribution >= 0.6 is 0 Å². The Morgan fingerprint density at radius 1 is 1.40 bits per heavy atom. The lowest BCUT2D eigenvalue weighted by Crippen LogP contribution is -2.40. The Hall–Kier alpha value is -1.55. The normalized spacial score (nSPS) is 25.6. The molecule has 4 nitrogen and oxygen atoms in total. The number of ether oxygens (including phenoxy) is 1. The van der Waals surface area contributed by atoms with E-state index in [1.165, 1.54) is 0 Å². The molecular formula is C16H22N2O2. The van der Waals surface area contributed by atoms with Crippen LogP contribution in [0.4, 0.5) is 11.4 Å². The molecule has 1 N–H and O–H groups in total. The third-order valence-electron chi connectivity index (χ3n) is 4.10. The lowest BCUT2D eigenvalue weighted by Gasteiger charge is -2.36. The predicted molar refractivity (Wildman–Crippen MR) is 80.1 cm³/mol. The van der Waals surface area contributed by atoms with Crippen molar-refractivity contribution >= 4 is 17.3 Å². The van der Waals surface area contributed by atoms with Gasteiger partial charge in [-0.1, -0.05) is 6.07 Å². The SMILES string of the molecule is CCOC1CC(Nc2cccc(N3CCCC3=O)c2)C1. The van der Waals surface area contributed by atoms with Crippen molar-refractivity contribution in [2.45, 2.75) is 44.8 Å². The van der Waals surface area contributed by atoms with Gasteiger partial charge in [-0.05, 0) is 44.4 Å². The minimum absolute atomic E-state index is 0.238. The molecule has 1 amide bonds. The van der Waals surface area contributed by atoms with E-state index in [0.717, 1.165) is 43.8 Å². The van der Waals surface area contributed by atoms with E-state index in [9.17, 15) is 4.79 Å². The van der Waals surface area contributed by atoms with Crippen LogP contribution < -0.4 is 10.2 Å². The van der Waals surface area contributed by atoms with Crippen molar-refractivity contribution in [3.8, 4) is 0 Å². The molecular weight excluding hydrogens is 252 g/mol.